The van der Waals surface area contributed by atoms with E-state index in [-0.39, 0.29) is 11.7 Å². The zero-order chi connectivity index (χ0) is 14.1. The first-order chi connectivity index (χ1) is 9.62. The van der Waals surface area contributed by atoms with Gasteiger partial charge >= 0.3 is 0 Å². The van der Waals surface area contributed by atoms with Gasteiger partial charge in [-0.3, -0.25) is 0 Å². The van der Waals surface area contributed by atoms with Crippen molar-refractivity contribution in [2.24, 2.45) is 0 Å². The van der Waals surface area contributed by atoms with Crippen molar-refractivity contribution in [2.45, 2.75) is 81.6 Å². The molecule has 20 heavy (non-hydrogen) atoms. The molecule has 3 atom stereocenters. The molecule has 0 radical (unpaired) electrons. The van der Waals surface area contributed by atoms with Gasteiger partial charge in [-0.25, -0.2) is 0 Å². The fraction of sp³-hybridized carbons (Fsp3) is 1.00. The maximum absolute atomic E-state index is 10.6. The van der Waals surface area contributed by atoms with Crippen LogP contribution in [0.25, 0.3) is 0 Å². The largest absolute Gasteiger partial charge is 0.386 e. The Balaban J connectivity index is 1.52. The first-order valence-electron chi connectivity index (χ1n) is 8.33. The summed E-state index contributed by atoms with van der Waals surface area (Å²) in [5, 5.41) is 14.2. The lowest BCUT2D eigenvalue weighted by Gasteiger charge is -2.44. The predicted molar refractivity (Wildman–Crippen MR) is 77.8 cm³/mol. The molecule has 0 aromatic heterocycles. The molecule has 3 rings (SSSR count). The van der Waals surface area contributed by atoms with Gasteiger partial charge in [0, 0.05) is 32.2 Å². The van der Waals surface area contributed by atoms with Gasteiger partial charge < -0.3 is 19.9 Å². The van der Waals surface area contributed by atoms with E-state index in [1.54, 1.807) is 0 Å². The molecule has 0 bridgehead atoms. The third kappa shape index (κ3) is 3.03. The van der Waals surface area contributed by atoms with E-state index in [0.29, 0.717) is 19.2 Å². The molecular formula is C16H29NO3. The molecule has 4 heteroatoms. The Hall–Kier alpha value is -0.160. The summed E-state index contributed by atoms with van der Waals surface area (Å²) >= 11 is 0. The second kappa shape index (κ2) is 5.91. The van der Waals surface area contributed by atoms with Crippen LogP contribution in [0.15, 0.2) is 0 Å². The number of hydrogen-bond donors (Lipinski definition) is 2. The van der Waals surface area contributed by atoms with Crippen LogP contribution >= 0.6 is 0 Å². The van der Waals surface area contributed by atoms with E-state index < -0.39 is 5.60 Å². The number of ether oxygens (including phenoxy) is 2. The molecule has 116 valence electrons. The Bertz CT molecular complexity index is 324. The highest BCUT2D eigenvalue weighted by Crippen LogP contribution is 2.38. The second-order valence-electron chi connectivity index (χ2n) is 7.03. The summed E-state index contributed by atoms with van der Waals surface area (Å²) in [6.45, 7) is 4.16. The Kier molecular flexibility index (Phi) is 4.37. The highest BCUT2D eigenvalue weighted by Gasteiger charge is 2.42. The van der Waals surface area contributed by atoms with Gasteiger partial charge in [-0.15, -0.1) is 0 Å². The molecule has 1 spiro atoms. The van der Waals surface area contributed by atoms with Gasteiger partial charge in [0.1, 0.15) is 5.60 Å². The zero-order valence-corrected chi connectivity index (χ0v) is 12.7. The van der Waals surface area contributed by atoms with E-state index in [1.165, 1.54) is 32.1 Å². The van der Waals surface area contributed by atoms with Gasteiger partial charge in [-0.1, -0.05) is 19.3 Å². The number of rotatable bonds is 3. The molecule has 2 saturated heterocycles. The van der Waals surface area contributed by atoms with Crippen molar-refractivity contribution in [2.75, 3.05) is 19.8 Å². The first-order valence-corrected chi connectivity index (χ1v) is 8.33. The van der Waals surface area contributed by atoms with E-state index in [2.05, 4.69) is 5.32 Å². The van der Waals surface area contributed by atoms with Crippen molar-refractivity contribution in [3.63, 3.8) is 0 Å². The molecule has 1 saturated carbocycles. The average Bonchev–Trinajstić information content (AvgIpc) is 2.78. The van der Waals surface area contributed by atoms with Crippen LogP contribution in [-0.2, 0) is 9.47 Å². The molecule has 3 fully saturated rings. The van der Waals surface area contributed by atoms with E-state index in [1.807, 2.05) is 6.92 Å². The van der Waals surface area contributed by atoms with E-state index >= 15 is 0 Å². The summed E-state index contributed by atoms with van der Waals surface area (Å²) in [7, 11) is 0. The normalized spacial score (nSPS) is 41.1. The topological polar surface area (TPSA) is 50.7 Å². The second-order valence-corrected chi connectivity index (χ2v) is 7.03. The van der Waals surface area contributed by atoms with E-state index in [4.69, 9.17) is 9.47 Å². The Morgan fingerprint density at radius 3 is 2.65 bits per heavy atom. The lowest BCUT2D eigenvalue weighted by molar-refractivity contribution is -0.111. The minimum Gasteiger partial charge on any atom is -0.386 e. The molecular weight excluding hydrogens is 254 g/mol. The highest BCUT2D eigenvalue weighted by molar-refractivity contribution is 4.96. The first kappa shape index (κ1) is 14.8. The minimum absolute atomic E-state index is 0.0570. The Labute approximate surface area is 122 Å². The van der Waals surface area contributed by atoms with Gasteiger partial charge in [0.2, 0.25) is 0 Å². The molecule has 2 heterocycles. The van der Waals surface area contributed by atoms with Crippen LogP contribution in [-0.4, -0.2) is 48.2 Å². The predicted octanol–water partition coefficient (Wildman–Crippen LogP) is 2.00. The third-order valence-electron chi connectivity index (χ3n) is 5.61. The molecule has 2 N–H and O–H groups in total. The summed E-state index contributed by atoms with van der Waals surface area (Å²) < 4.78 is 11.6. The number of hydrogen-bond acceptors (Lipinski definition) is 4. The summed E-state index contributed by atoms with van der Waals surface area (Å²) in [4.78, 5) is 0. The fourth-order valence-corrected chi connectivity index (χ4v) is 4.07. The number of nitrogens with one attached hydrogen (secondary N) is 1. The highest BCUT2D eigenvalue weighted by atomic mass is 16.5. The van der Waals surface area contributed by atoms with Crippen molar-refractivity contribution >= 4 is 0 Å². The van der Waals surface area contributed by atoms with Crippen molar-refractivity contribution < 1.29 is 14.6 Å². The molecule has 3 unspecified atom stereocenters. The van der Waals surface area contributed by atoms with Gasteiger partial charge in [0.15, 0.2) is 0 Å². The van der Waals surface area contributed by atoms with Crippen LogP contribution in [0.4, 0.5) is 0 Å². The van der Waals surface area contributed by atoms with Crippen LogP contribution < -0.4 is 5.32 Å². The molecule has 2 aliphatic heterocycles. The summed E-state index contributed by atoms with van der Waals surface area (Å²) in [5.41, 5.74) is -0.549. The quantitative estimate of drug-likeness (QED) is 0.832. The Morgan fingerprint density at radius 1 is 1.15 bits per heavy atom. The van der Waals surface area contributed by atoms with Crippen molar-refractivity contribution in [3.8, 4) is 0 Å². The van der Waals surface area contributed by atoms with Gasteiger partial charge in [-0.05, 0) is 32.6 Å². The molecule has 4 nitrogen and oxygen atoms in total. The maximum Gasteiger partial charge on any atom is 0.105 e. The number of aliphatic hydroxyl groups is 1. The Morgan fingerprint density at radius 2 is 1.95 bits per heavy atom. The van der Waals surface area contributed by atoms with Gasteiger partial charge in [0.25, 0.3) is 0 Å². The monoisotopic (exact) mass is 283 g/mol. The smallest absolute Gasteiger partial charge is 0.105 e. The lowest BCUT2D eigenvalue weighted by atomic mass is 9.78. The standard InChI is InChI=1S/C16H29NO3/c1-13-16(18,8-10-19-13)12-17-14-5-9-20-15(11-14)6-3-2-4-7-15/h13-14,17-18H,2-12H2,1H3. The lowest BCUT2D eigenvalue weighted by Crippen LogP contribution is -2.53. The summed E-state index contributed by atoms with van der Waals surface area (Å²) in [6.07, 6.45) is 9.27. The molecule has 0 aromatic carbocycles. The van der Waals surface area contributed by atoms with Crippen LogP contribution in [0.2, 0.25) is 0 Å². The summed E-state index contributed by atoms with van der Waals surface area (Å²) in [6, 6.07) is 0.485. The van der Waals surface area contributed by atoms with E-state index in [0.717, 1.165) is 25.9 Å². The van der Waals surface area contributed by atoms with Crippen LogP contribution in [0.3, 0.4) is 0 Å². The zero-order valence-electron chi connectivity index (χ0n) is 12.7. The molecule has 0 amide bonds. The molecule has 3 aliphatic rings. The minimum atomic E-state index is -0.683. The van der Waals surface area contributed by atoms with Crippen LogP contribution in [0, 0.1) is 0 Å². The van der Waals surface area contributed by atoms with Gasteiger partial charge in [0.05, 0.1) is 11.7 Å². The molecule has 0 aromatic rings. The summed E-state index contributed by atoms with van der Waals surface area (Å²) in [5.74, 6) is 0. The van der Waals surface area contributed by atoms with Crippen molar-refractivity contribution in [1.82, 2.24) is 5.32 Å². The van der Waals surface area contributed by atoms with Gasteiger partial charge in [-0.2, -0.15) is 0 Å². The van der Waals surface area contributed by atoms with E-state index in [9.17, 15) is 5.11 Å². The van der Waals surface area contributed by atoms with Crippen LogP contribution in [0.1, 0.15) is 58.3 Å². The fourth-order valence-electron chi connectivity index (χ4n) is 4.07. The van der Waals surface area contributed by atoms with Crippen molar-refractivity contribution in [1.29, 1.82) is 0 Å². The average molecular weight is 283 g/mol. The SMILES string of the molecule is CC1OCCC1(O)CNC1CCOC2(CCCCC2)C1. The third-order valence-corrected chi connectivity index (χ3v) is 5.61. The molecule has 1 aliphatic carbocycles. The maximum atomic E-state index is 10.6. The van der Waals surface area contributed by atoms with Crippen molar-refractivity contribution in [3.05, 3.63) is 0 Å². The van der Waals surface area contributed by atoms with Crippen LogP contribution in [0.5, 0.6) is 0 Å².